The van der Waals surface area contributed by atoms with E-state index in [0.29, 0.717) is 0 Å². The van der Waals surface area contributed by atoms with Crippen LogP contribution in [0, 0.1) is 0 Å². The SMILES string of the molecule is Brc1ccc(-n2c3ccccc3c3ccccc32)cc1.Brc1ccc(Br)cc1.Nc1ccccc1.c1ccc(Nc2ccc(-n3c4ccccc4c4ccccc43)cc2)cc1.c1ccc2c(c1)[nH]c1ccccc12. The Balaban J connectivity index is 0.000000115. The summed E-state index contributed by atoms with van der Waals surface area (Å²) in [5.74, 6) is 0. The number of nitrogen functional groups attached to an aromatic ring is 1. The third-order valence-electron chi connectivity index (χ3n) is 12.4. The van der Waals surface area contributed by atoms with Gasteiger partial charge >= 0.3 is 0 Å². The number of rotatable bonds is 4. The van der Waals surface area contributed by atoms with Gasteiger partial charge in [-0.25, -0.2) is 0 Å². The van der Waals surface area contributed by atoms with Gasteiger partial charge in [-0.05, 0) is 133 Å². The summed E-state index contributed by atoms with van der Waals surface area (Å²) in [4.78, 5) is 3.38. The first-order valence-electron chi connectivity index (χ1n) is 24.2. The highest BCUT2D eigenvalue weighted by Gasteiger charge is 2.12. The average molecular weight is 1150 g/mol. The Kier molecular flexibility index (Phi) is 15.8. The van der Waals surface area contributed by atoms with Gasteiger partial charge in [0.25, 0.3) is 0 Å². The maximum absolute atomic E-state index is 5.36. The molecule has 0 atom stereocenters. The van der Waals surface area contributed by atoms with E-state index in [-0.39, 0.29) is 0 Å². The third kappa shape index (κ3) is 11.5. The fraction of sp³-hybridized carbons (Fsp3) is 0. The van der Waals surface area contributed by atoms with Crippen LogP contribution in [-0.2, 0) is 0 Å². The van der Waals surface area contributed by atoms with Gasteiger partial charge in [0.05, 0.1) is 22.1 Å². The van der Waals surface area contributed by atoms with Crippen molar-refractivity contribution < 1.29 is 0 Å². The molecule has 0 radical (unpaired) electrons. The number of nitrogens with one attached hydrogen (secondary N) is 2. The first-order valence-corrected chi connectivity index (χ1v) is 26.6. The number of para-hydroxylation sites is 8. The summed E-state index contributed by atoms with van der Waals surface area (Å²) >= 11 is 10.1. The number of nitrogens with two attached hydrogens (primary N) is 1. The Hall–Kier alpha value is -8.14. The molecule has 5 nitrogen and oxygen atoms in total. The van der Waals surface area contributed by atoms with E-state index in [1.54, 1.807) is 0 Å². The van der Waals surface area contributed by atoms with E-state index >= 15 is 0 Å². The minimum Gasteiger partial charge on any atom is -0.399 e. The first-order chi connectivity index (χ1) is 36.4. The number of H-pyrrole nitrogens is 1. The first kappa shape index (κ1) is 49.4. The van der Waals surface area contributed by atoms with Crippen LogP contribution >= 0.6 is 47.8 Å². The highest BCUT2D eigenvalue weighted by atomic mass is 79.9. The average Bonchev–Trinajstić information content (AvgIpc) is 4.12. The topological polar surface area (TPSA) is 63.7 Å². The molecule has 0 amide bonds. The highest BCUT2D eigenvalue weighted by Crippen LogP contribution is 2.34. The Morgan fingerprint density at radius 1 is 0.284 bits per heavy atom. The summed E-state index contributed by atoms with van der Waals surface area (Å²) < 4.78 is 7.97. The zero-order chi connectivity index (χ0) is 50.6. The van der Waals surface area contributed by atoms with Gasteiger partial charge in [0, 0.05) is 85.2 Å². The van der Waals surface area contributed by atoms with Gasteiger partial charge in [0.1, 0.15) is 0 Å². The van der Waals surface area contributed by atoms with Crippen LogP contribution in [0.25, 0.3) is 76.8 Å². The Bertz CT molecular complexity index is 3890. The summed E-state index contributed by atoms with van der Waals surface area (Å²) in [5.41, 5.74) is 18.1. The van der Waals surface area contributed by atoms with Crippen LogP contribution in [0.3, 0.4) is 0 Å². The van der Waals surface area contributed by atoms with Gasteiger partial charge in [-0.3, -0.25) is 0 Å². The molecule has 14 rings (SSSR count). The lowest BCUT2D eigenvalue weighted by Gasteiger charge is -2.10. The number of hydrogen-bond acceptors (Lipinski definition) is 2. The van der Waals surface area contributed by atoms with Crippen molar-refractivity contribution in [3.63, 3.8) is 0 Å². The normalized spacial score (nSPS) is 10.7. The second kappa shape index (κ2) is 23.6. The van der Waals surface area contributed by atoms with E-state index in [9.17, 15) is 0 Å². The maximum Gasteiger partial charge on any atom is 0.0541 e. The molecule has 0 bridgehead atoms. The lowest BCUT2D eigenvalue weighted by Crippen LogP contribution is -1.95. The van der Waals surface area contributed by atoms with Crippen molar-refractivity contribution in [2.24, 2.45) is 0 Å². The van der Waals surface area contributed by atoms with Crippen molar-refractivity contribution in [1.29, 1.82) is 0 Å². The lowest BCUT2D eigenvalue weighted by molar-refractivity contribution is 1.18. The molecule has 0 spiro atoms. The molecule has 8 heteroatoms. The quantitative estimate of drug-likeness (QED) is 0.154. The molecule has 360 valence electrons. The number of fused-ring (bicyclic) bond motifs is 9. The Morgan fingerprint density at radius 3 is 0.932 bits per heavy atom. The zero-order valence-electron chi connectivity index (χ0n) is 40.2. The van der Waals surface area contributed by atoms with Gasteiger partial charge in [-0.2, -0.15) is 0 Å². The number of hydrogen-bond donors (Lipinski definition) is 3. The van der Waals surface area contributed by atoms with Crippen LogP contribution in [0.2, 0.25) is 0 Å². The van der Waals surface area contributed by atoms with Crippen LogP contribution < -0.4 is 11.1 Å². The molecule has 0 fully saturated rings. The molecule has 74 heavy (non-hydrogen) atoms. The summed E-state index contributed by atoms with van der Waals surface area (Å²) in [6.07, 6.45) is 0. The minimum absolute atomic E-state index is 0.822. The second-order valence-electron chi connectivity index (χ2n) is 17.3. The molecule has 0 aliphatic rings. The van der Waals surface area contributed by atoms with Crippen LogP contribution in [0.5, 0.6) is 0 Å². The van der Waals surface area contributed by atoms with E-state index in [1.165, 1.54) is 76.8 Å². The number of benzene rings is 11. The van der Waals surface area contributed by atoms with Gasteiger partial charge in [-0.1, -0.05) is 193 Å². The molecule has 0 unspecified atom stereocenters. The monoisotopic (exact) mass is 1150 g/mol. The van der Waals surface area contributed by atoms with Crippen LogP contribution in [0.4, 0.5) is 17.1 Å². The highest BCUT2D eigenvalue weighted by molar-refractivity contribution is 9.11. The summed E-state index contributed by atoms with van der Waals surface area (Å²) in [5, 5.41) is 11.2. The van der Waals surface area contributed by atoms with Crippen molar-refractivity contribution in [1.82, 2.24) is 14.1 Å². The Morgan fingerprint density at radius 2 is 0.568 bits per heavy atom. The molecular formula is C66H50Br3N5. The van der Waals surface area contributed by atoms with Crippen molar-refractivity contribution in [3.05, 3.63) is 292 Å². The fourth-order valence-corrected chi connectivity index (χ4v) is 9.85. The van der Waals surface area contributed by atoms with Gasteiger partial charge < -0.3 is 25.2 Å². The van der Waals surface area contributed by atoms with Crippen molar-refractivity contribution >= 4 is 130 Å². The molecule has 3 heterocycles. The molecular weight excluding hydrogens is 1100 g/mol. The predicted octanol–water partition coefficient (Wildman–Crippen LogP) is 19.9. The van der Waals surface area contributed by atoms with Crippen molar-refractivity contribution in [3.8, 4) is 11.4 Å². The summed E-state index contributed by atoms with van der Waals surface area (Å²) in [6.45, 7) is 0. The van der Waals surface area contributed by atoms with Crippen LogP contribution in [0.1, 0.15) is 0 Å². The molecule has 0 saturated carbocycles. The molecule has 3 aromatic heterocycles. The minimum atomic E-state index is 0.822. The second-order valence-corrected chi connectivity index (χ2v) is 20.1. The maximum atomic E-state index is 5.36. The third-order valence-corrected chi connectivity index (χ3v) is 14.0. The van der Waals surface area contributed by atoms with Gasteiger partial charge in [0.2, 0.25) is 0 Å². The van der Waals surface area contributed by atoms with E-state index in [1.807, 2.05) is 72.8 Å². The lowest BCUT2D eigenvalue weighted by atomic mass is 10.2. The smallest absolute Gasteiger partial charge is 0.0541 e. The summed E-state index contributed by atoms with van der Waals surface area (Å²) in [6, 6.07) is 95.8. The fourth-order valence-electron chi connectivity index (χ4n) is 9.06. The van der Waals surface area contributed by atoms with Crippen LogP contribution in [-0.4, -0.2) is 14.1 Å². The van der Waals surface area contributed by atoms with E-state index in [2.05, 4.69) is 273 Å². The number of nitrogens with zero attached hydrogens (tertiary/aromatic N) is 2. The van der Waals surface area contributed by atoms with Crippen LogP contribution in [0.15, 0.2) is 292 Å². The van der Waals surface area contributed by atoms with Gasteiger partial charge in [0.15, 0.2) is 0 Å². The van der Waals surface area contributed by atoms with E-state index in [0.717, 1.165) is 30.5 Å². The van der Waals surface area contributed by atoms with Crippen molar-refractivity contribution in [2.75, 3.05) is 11.1 Å². The molecule has 0 aliphatic carbocycles. The van der Waals surface area contributed by atoms with Gasteiger partial charge in [-0.15, -0.1) is 0 Å². The number of halogens is 3. The summed E-state index contributed by atoms with van der Waals surface area (Å²) in [7, 11) is 0. The zero-order valence-corrected chi connectivity index (χ0v) is 44.9. The molecule has 0 saturated heterocycles. The number of aromatic nitrogens is 3. The molecule has 4 N–H and O–H groups in total. The Labute approximate surface area is 455 Å². The van der Waals surface area contributed by atoms with Crippen molar-refractivity contribution in [2.45, 2.75) is 0 Å². The van der Waals surface area contributed by atoms with E-state index < -0.39 is 0 Å². The number of anilines is 3. The molecule has 0 aliphatic heterocycles. The number of aromatic amines is 1. The standard InChI is InChI=1S/C24H18N2.C18H12BrN.C12H9N.C6H4Br2.C6H7N/c1-2-8-18(9-3-1)25-19-14-16-20(17-15-19)26-23-12-6-4-10-21(23)22-11-5-7-13-24(22)26;19-13-9-11-14(12-10-13)20-17-7-3-1-5-15(17)16-6-2-4-8-18(16)20;1-3-7-11-9(5-1)10-6-2-4-8-12(10)13-11;7-5-1-2-6(8)4-3-5;7-6-4-2-1-3-5-6/h1-17,25H;1-12H;1-8,13H;1-4H;1-5H,7H2. The predicted molar refractivity (Wildman–Crippen MR) is 327 cm³/mol. The largest absolute Gasteiger partial charge is 0.399 e. The van der Waals surface area contributed by atoms with E-state index in [4.69, 9.17) is 5.73 Å². The molecule has 14 aromatic rings. The molecule has 11 aromatic carbocycles.